The number of unbranched alkanes of at least 4 members (excludes halogenated alkanes) is 2. The van der Waals surface area contributed by atoms with Crippen molar-refractivity contribution in [3.63, 3.8) is 0 Å². The first-order chi connectivity index (χ1) is 6.24. The van der Waals surface area contributed by atoms with Crippen LogP contribution in [0, 0.1) is 0 Å². The molecule has 0 aromatic rings. The second-order valence-corrected chi connectivity index (χ2v) is 8.97. The summed E-state index contributed by atoms with van der Waals surface area (Å²) in [4.78, 5) is 0. The van der Waals surface area contributed by atoms with E-state index >= 15 is 0 Å². The van der Waals surface area contributed by atoms with Gasteiger partial charge in [0, 0.05) is 7.26 Å². The number of rotatable bonds is 8. The van der Waals surface area contributed by atoms with Crippen molar-refractivity contribution in [2.24, 2.45) is 0 Å². The largest absolute Gasteiger partial charge is 1.00 e. The van der Waals surface area contributed by atoms with Gasteiger partial charge in [0.05, 0.1) is 24.6 Å². The first-order valence-corrected chi connectivity index (χ1v) is 8.62. The molecule has 13 heavy (non-hydrogen) atoms. The molecule has 0 atom stereocenters. The number of hydrogen-bond donors (Lipinski definition) is 0. The molecule has 0 aromatic carbocycles. The summed E-state index contributed by atoms with van der Waals surface area (Å²) in [6.07, 6.45) is 11.8. The maximum Gasteiger partial charge on any atom is 1.00 e. The maximum atomic E-state index is 2.42. The molecule has 0 saturated heterocycles. The van der Waals surface area contributed by atoms with Crippen LogP contribution in [0.3, 0.4) is 0 Å². The molecule has 0 aliphatic carbocycles. The molecule has 0 fully saturated rings. The van der Waals surface area contributed by atoms with Crippen LogP contribution in [0.15, 0.2) is 0 Å². The van der Waals surface area contributed by atoms with Gasteiger partial charge in [0.15, 0.2) is 0 Å². The van der Waals surface area contributed by atoms with E-state index in [0.717, 1.165) is 0 Å². The smallest absolute Gasteiger partial charge is 0.0652 e. The van der Waals surface area contributed by atoms with Crippen LogP contribution in [0.5, 0.6) is 0 Å². The summed E-state index contributed by atoms with van der Waals surface area (Å²) in [5.74, 6) is 0. The molecular weight excluding hydrogens is 175 g/mol. The Labute approximate surface area is 87.3 Å². The molecule has 0 bridgehead atoms. The standard InChI is InChI=1S/C12H28P/c1-5-9-11-13(7-3,8-4)12-10-6-2/h5-12H2,1-4H3/q+1/p+1. The summed E-state index contributed by atoms with van der Waals surface area (Å²) in [5.41, 5.74) is 0. The van der Waals surface area contributed by atoms with E-state index in [2.05, 4.69) is 27.7 Å². The average Bonchev–Trinajstić information content (AvgIpc) is 2.20. The first kappa shape index (κ1) is 13.4. The molecule has 0 N–H and O–H groups in total. The van der Waals surface area contributed by atoms with E-state index in [-0.39, 0.29) is 1.43 Å². The molecule has 0 aliphatic heterocycles. The van der Waals surface area contributed by atoms with E-state index in [1.807, 2.05) is 0 Å². The summed E-state index contributed by atoms with van der Waals surface area (Å²) in [7, 11) is -0.491. The highest BCUT2D eigenvalue weighted by Gasteiger charge is 2.31. The molecule has 0 unspecified atom stereocenters. The van der Waals surface area contributed by atoms with Crippen molar-refractivity contribution < 1.29 is 1.43 Å². The normalized spacial score (nSPS) is 12.0. The Hall–Kier alpha value is 0.430. The summed E-state index contributed by atoms with van der Waals surface area (Å²) in [5, 5.41) is 0. The Morgan fingerprint density at radius 3 is 1.38 bits per heavy atom. The maximum absolute atomic E-state index is 2.42. The minimum atomic E-state index is -0.491. The molecule has 0 aromatic heterocycles. The predicted octanol–water partition coefficient (Wildman–Crippen LogP) is 4.76. The lowest BCUT2D eigenvalue weighted by Crippen LogP contribution is -2.09. The molecule has 0 heterocycles. The number of hydrogen-bond acceptors (Lipinski definition) is 0. The summed E-state index contributed by atoms with van der Waals surface area (Å²) < 4.78 is 0. The molecule has 0 aliphatic rings. The zero-order chi connectivity index (χ0) is 10.2. The third-order valence-corrected chi connectivity index (χ3v) is 8.53. The summed E-state index contributed by atoms with van der Waals surface area (Å²) >= 11 is 0. The van der Waals surface area contributed by atoms with Crippen LogP contribution in [0.4, 0.5) is 0 Å². The van der Waals surface area contributed by atoms with E-state index in [1.54, 1.807) is 12.3 Å². The van der Waals surface area contributed by atoms with Crippen molar-refractivity contribution in [1.29, 1.82) is 0 Å². The van der Waals surface area contributed by atoms with E-state index < -0.39 is 7.26 Å². The molecule has 0 rings (SSSR count). The lowest BCUT2D eigenvalue weighted by molar-refractivity contribution is 0.856. The molecule has 1 heteroatoms. The van der Waals surface area contributed by atoms with E-state index in [1.165, 1.54) is 38.0 Å². The lowest BCUT2D eigenvalue weighted by Gasteiger charge is -2.24. The molecule has 0 amide bonds. The Kier molecular flexibility index (Phi) is 8.06. The Morgan fingerprint density at radius 1 is 0.769 bits per heavy atom. The summed E-state index contributed by atoms with van der Waals surface area (Å²) in [6.45, 7) is 9.48. The third-order valence-electron chi connectivity index (χ3n) is 3.31. The second-order valence-electron chi connectivity index (χ2n) is 4.13. The minimum absolute atomic E-state index is 0. The third kappa shape index (κ3) is 5.01. The van der Waals surface area contributed by atoms with Gasteiger partial charge in [-0.05, 0) is 26.7 Å². The van der Waals surface area contributed by atoms with Crippen molar-refractivity contribution in [3.05, 3.63) is 0 Å². The SMILES string of the molecule is CCCC[P+](CC)(CC)CCCC.[H+]. The van der Waals surface area contributed by atoms with E-state index in [4.69, 9.17) is 0 Å². The van der Waals surface area contributed by atoms with Crippen LogP contribution in [0.25, 0.3) is 0 Å². The highest BCUT2D eigenvalue weighted by Crippen LogP contribution is 2.59. The van der Waals surface area contributed by atoms with Crippen molar-refractivity contribution >= 4 is 7.26 Å². The highest BCUT2D eigenvalue weighted by atomic mass is 31.2. The summed E-state index contributed by atoms with van der Waals surface area (Å²) in [6, 6.07) is 0. The van der Waals surface area contributed by atoms with E-state index in [9.17, 15) is 0 Å². The van der Waals surface area contributed by atoms with Crippen LogP contribution in [-0.4, -0.2) is 24.6 Å². The Bertz CT molecular complexity index is 101. The Balaban J connectivity index is 0. The van der Waals surface area contributed by atoms with Crippen molar-refractivity contribution in [2.45, 2.75) is 53.4 Å². The van der Waals surface area contributed by atoms with Crippen molar-refractivity contribution in [3.8, 4) is 0 Å². The monoisotopic (exact) mass is 204 g/mol. The first-order valence-electron chi connectivity index (χ1n) is 6.09. The van der Waals surface area contributed by atoms with Crippen LogP contribution in [0.1, 0.15) is 54.8 Å². The molecule has 0 radical (unpaired) electrons. The average molecular weight is 204 g/mol. The topological polar surface area (TPSA) is 0 Å². The van der Waals surface area contributed by atoms with Gasteiger partial charge in [0.2, 0.25) is 0 Å². The van der Waals surface area contributed by atoms with Gasteiger partial charge in [0.25, 0.3) is 0 Å². The van der Waals surface area contributed by atoms with Crippen LogP contribution < -0.4 is 0 Å². The quantitative estimate of drug-likeness (QED) is 0.500. The second kappa shape index (κ2) is 7.80. The van der Waals surface area contributed by atoms with Gasteiger partial charge in [0.1, 0.15) is 0 Å². The van der Waals surface area contributed by atoms with Crippen LogP contribution >= 0.6 is 7.26 Å². The fraction of sp³-hybridized carbons (Fsp3) is 1.00. The van der Waals surface area contributed by atoms with Crippen molar-refractivity contribution in [1.82, 2.24) is 0 Å². The minimum Gasteiger partial charge on any atom is -0.0652 e. The molecule has 0 spiro atoms. The van der Waals surface area contributed by atoms with Gasteiger partial charge in [-0.15, -0.1) is 0 Å². The molecule has 80 valence electrons. The van der Waals surface area contributed by atoms with E-state index in [0.29, 0.717) is 0 Å². The fourth-order valence-corrected chi connectivity index (χ4v) is 5.86. The zero-order valence-corrected chi connectivity index (χ0v) is 11.0. The Morgan fingerprint density at radius 2 is 1.15 bits per heavy atom. The van der Waals surface area contributed by atoms with Gasteiger partial charge in [-0.25, -0.2) is 0 Å². The highest BCUT2D eigenvalue weighted by molar-refractivity contribution is 7.75. The molecule has 0 nitrogen and oxygen atoms in total. The van der Waals surface area contributed by atoms with Gasteiger partial charge in [-0.3, -0.25) is 0 Å². The predicted molar refractivity (Wildman–Crippen MR) is 68.7 cm³/mol. The lowest BCUT2D eigenvalue weighted by atomic mass is 10.4. The van der Waals surface area contributed by atoms with Crippen LogP contribution in [-0.2, 0) is 0 Å². The fourth-order valence-electron chi connectivity index (χ4n) is 1.95. The van der Waals surface area contributed by atoms with Gasteiger partial charge < -0.3 is 0 Å². The van der Waals surface area contributed by atoms with Gasteiger partial charge in [-0.1, -0.05) is 26.7 Å². The molecule has 0 saturated carbocycles. The van der Waals surface area contributed by atoms with Crippen molar-refractivity contribution in [2.75, 3.05) is 24.6 Å². The van der Waals surface area contributed by atoms with Gasteiger partial charge in [-0.2, -0.15) is 0 Å². The van der Waals surface area contributed by atoms with Crippen LogP contribution in [0.2, 0.25) is 0 Å². The molecular formula is C12H29P+2. The van der Waals surface area contributed by atoms with Gasteiger partial charge >= 0.3 is 1.43 Å². The zero-order valence-electron chi connectivity index (χ0n) is 11.1.